The molecule has 1 aliphatic carbocycles. The van der Waals surface area contributed by atoms with Crippen LogP contribution in [0.4, 0.5) is 0 Å². The summed E-state index contributed by atoms with van der Waals surface area (Å²) in [6.45, 7) is 3.24. The minimum absolute atomic E-state index is 0.0868. The van der Waals surface area contributed by atoms with Crippen LogP contribution in [0.5, 0.6) is 0 Å². The van der Waals surface area contributed by atoms with Crippen LogP contribution in [0.25, 0.3) is 0 Å². The maximum Gasteiger partial charge on any atom is 0.294 e. The minimum Gasteiger partial charge on any atom is -0.351 e. The van der Waals surface area contributed by atoms with Crippen molar-refractivity contribution < 1.29 is 19.5 Å². The van der Waals surface area contributed by atoms with Crippen LogP contribution in [0, 0.1) is 10.1 Å². The van der Waals surface area contributed by atoms with Crippen LogP contribution in [0.2, 0.25) is 0 Å². The van der Waals surface area contributed by atoms with Gasteiger partial charge in [-0.25, -0.2) is 0 Å². The van der Waals surface area contributed by atoms with Gasteiger partial charge in [-0.1, -0.05) is 13.3 Å². The normalized spacial score (nSPS) is 24.0. The molecule has 8 nitrogen and oxygen atoms in total. The molecule has 1 atom stereocenters. The number of thiol groups is 1. The fourth-order valence-electron chi connectivity index (χ4n) is 2.62. The molecule has 1 saturated carbocycles. The van der Waals surface area contributed by atoms with E-state index in [-0.39, 0.29) is 17.9 Å². The van der Waals surface area contributed by atoms with E-state index in [0.29, 0.717) is 38.5 Å². The van der Waals surface area contributed by atoms with Crippen molar-refractivity contribution in [2.24, 2.45) is 0 Å². The van der Waals surface area contributed by atoms with Crippen LogP contribution in [0.3, 0.4) is 0 Å². The summed E-state index contributed by atoms with van der Waals surface area (Å²) >= 11 is 4.34. The van der Waals surface area contributed by atoms with Gasteiger partial charge in [0.1, 0.15) is 6.10 Å². The molecule has 0 bridgehead atoms. The van der Waals surface area contributed by atoms with Gasteiger partial charge in [0, 0.05) is 13.0 Å². The summed E-state index contributed by atoms with van der Waals surface area (Å²) in [5.41, 5.74) is 0. The zero-order valence-electron chi connectivity index (χ0n) is 12.8. The Balaban J connectivity index is 2.53. The van der Waals surface area contributed by atoms with Crippen LogP contribution in [-0.4, -0.2) is 33.9 Å². The van der Waals surface area contributed by atoms with Crippen molar-refractivity contribution in [1.29, 1.82) is 0 Å². The van der Waals surface area contributed by atoms with Crippen molar-refractivity contribution in [2.45, 2.75) is 69.4 Å². The van der Waals surface area contributed by atoms with Crippen LogP contribution in [0.15, 0.2) is 0 Å². The molecule has 0 heterocycles. The van der Waals surface area contributed by atoms with Gasteiger partial charge in [0.25, 0.3) is 11.0 Å². The zero-order valence-corrected chi connectivity index (χ0v) is 13.7. The van der Waals surface area contributed by atoms with Crippen molar-refractivity contribution in [2.75, 3.05) is 0 Å². The summed E-state index contributed by atoms with van der Waals surface area (Å²) in [4.78, 5) is 37.2. The highest BCUT2D eigenvalue weighted by Crippen LogP contribution is 2.24. The maximum atomic E-state index is 12.4. The van der Waals surface area contributed by atoms with Gasteiger partial charge in [0.15, 0.2) is 4.87 Å². The Morgan fingerprint density at radius 3 is 2.41 bits per heavy atom. The number of carbonyl (C=O) groups excluding carboxylic acids is 2. The van der Waals surface area contributed by atoms with Gasteiger partial charge in [0.2, 0.25) is 5.91 Å². The monoisotopic (exact) mass is 333 g/mol. The number of amides is 2. The van der Waals surface area contributed by atoms with Gasteiger partial charge < -0.3 is 15.5 Å². The molecule has 126 valence electrons. The lowest BCUT2D eigenvalue weighted by atomic mass is 9.92. The Labute approximate surface area is 134 Å². The van der Waals surface area contributed by atoms with E-state index < -0.39 is 16.1 Å². The molecule has 1 aliphatic rings. The Morgan fingerprint density at radius 2 is 1.95 bits per heavy atom. The SMILES string of the molecule is CCCC(S)(NC(C)=O)C(=O)NC1CCC(O[N+](=O)[O-])CC1. The largest absolute Gasteiger partial charge is 0.351 e. The molecular weight excluding hydrogens is 310 g/mol. The second-order valence-electron chi connectivity index (χ2n) is 5.57. The molecule has 1 unspecified atom stereocenters. The molecule has 0 saturated heterocycles. The fraction of sp³-hybridized carbons (Fsp3) is 0.846. The first-order valence-electron chi connectivity index (χ1n) is 7.40. The first-order chi connectivity index (χ1) is 10.3. The molecule has 0 aromatic rings. The maximum absolute atomic E-state index is 12.4. The van der Waals surface area contributed by atoms with E-state index in [1.54, 1.807) is 0 Å². The summed E-state index contributed by atoms with van der Waals surface area (Å²) in [7, 11) is 0. The predicted molar refractivity (Wildman–Crippen MR) is 82.7 cm³/mol. The number of carbonyl (C=O) groups is 2. The molecule has 2 amide bonds. The fourth-order valence-corrected chi connectivity index (χ4v) is 3.07. The minimum atomic E-state index is -1.23. The molecular formula is C13H23N3O5S. The number of nitrogens with one attached hydrogen (secondary N) is 2. The number of nitrogens with zero attached hydrogens (tertiary/aromatic N) is 1. The average Bonchev–Trinajstić information content (AvgIpc) is 2.39. The molecule has 0 radical (unpaired) electrons. The third kappa shape index (κ3) is 5.70. The summed E-state index contributed by atoms with van der Waals surface area (Å²) in [5.74, 6) is -0.659. The lowest BCUT2D eigenvalue weighted by Gasteiger charge is -2.33. The van der Waals surface area contributed by atoms with Crippen LogP contribution in [-0.2, 0) is 14.4 Å². The summed E-state index contributed by atoms with van der Waals surface area (Å²) in [5, 5.41) is 15.0. The zero-order chi connectivity index (χ0) is 16.8. The average molecular weight is 333 g/mol. The van der Waals surface area contributed by atoms with Crippen molar-refractivity contribution >= 4 is 24.4 Å². The molecule has 1 rings (SSSR count). The highest BCUT2D eigenvalue weighted by Gasteiger charge is 2.36. The van der Waals surface area contributed by atoms with E-state index in [9.17, 15) is 19.7 Å². The van der Waals surface area contributed by atoms with Gasteiger partial charge in [-0.05, 0) is 32.1 Å². The van der Waals surface area contributed by atoms with Gasteiger partial charge in [-0.2, -0.15) is 0 Å². The molecule has 0 aromatic heterocycles. The second-order valence-corrected chi connectivity index (χ2v) is 6.33. The highest BCUT2D eigenvalue weighted by atomic mass is 32.1. The molecule has 9 heteroatoms. The van der Waals surface area contributed by atoms with Crippen molar-refractivity contribution in [1.82, 2.24) is 10.6 Å². The first kappa shape index (κ1) is 18.5. The molecule has 1 fully saturated rings. The predicted octanol–water partition coefficient (Wildman–Crippen LogP) is 1.18. The second kappa shape index (κ2) is 8.21. The topological polar surface area (TPSA) is 111 Å². The van der Waals surface area contributed by atoms with E-state index >= 15 is 0 Å². The van der Waals surface area contributed by atoms with Crippen LogP contribution in [0.1, 0.15) is 52.4 Å². The van der Waals surface area contributed by atoms with E-state index in [1.807, 2.05) is 6.92 Å². The third-order valence-corrected chi connectivity index (χ3v) is 4.15. The molecule has 0 aromatic carbocycles. The van der Waals surface area contributed by atoms with E-state index in [2.05, 4.69) is 28.1 Å². The Kier molecular flexibility index (Phi) is 6.92. The number of hydrogen-bond donors (Lipinski definition) is 3. The van der Waals surface area contributed by atoms with Gasteiger partial charge in [-0.3, -0.25) is 9.59 Å². The quantitative estimate of drug-likeness (QED) is 0.280. The van der Waals surface area contributed by atoms with E-state index in [1.165, 1.54) is 6.92 Å². The van der Waals surface area contributed by atoms with Gasteiger partial charge in [-0.15, -0.1) is 22.7 Å². The summed E-state index contributed by atoms with van der Waals surface area (Å²) in [6, 6.07) is -0.0868. The number of rotatable bonds is 7. The standard InChI is InChI=1S/C13H23N3O5S/c1-3-8-13(22,15-9(2)17)12(18)14-10-4-6-11(7-5-10)21-16(19)20/h10-11,22H,3-8H2,1-2H3,(H,14,18)(H,15,17). The lowest BCUT2D eigenvalue weighted by molar-refractivity contribution is -0.769. The Bertz CT molecular complexity index is 426. The summed E-state index contributed by atoms with van der Waals surface area (Å²) < 4.78 is 0. The third-order valence-electron chi connectivity index (χ3n) is 3.61. The van der Waals surface area contributed by atoms with Crippen molar-refractivity contribution in [3.63, 3.8) is 0 Å². The highest BCUT2D eigenvalue weighted by molar-refractivity contribution is 7.82. The number of hydrogen-bond acceptors (Lipinski definition) is 6. The molecule has 2 N–H and O–H groups in total. The van der Waals surface area contributed by atoms with Crippen molar-refractivity contribution in [3.05, 3.63) is 10.1 Å². The molecule has 22 heavy (non-hydrogen) atoms. The van der Waals surface area contributed by atoms with Crippen LogP contribution < -0.4 is 10.6 Å². The Morgan fingerprint density at radius 1 is 1.36 bits per heavy atom. The van der Waals surface area contributed by atoms with Gasteiger partial charge >= 0.3 is 0 Å². The van der Waals surface area contributed by atoms with E-state index in [4.69, 9.17) is 0 Å². The van der Waals surface area contributed by atoms with Crippen molar-refractivity contribution in [3.8, 4) is 0 Å². The molecule has 0 aliphatic heterocycles. The first-order valence-corrected chi connectivity index (χ1v) is 7.84. The molecule has 0 spiro atoms. The smallest absolute Gasteiger partial charge is 0.294 e. The summed E-state index contributed by atoms with van der Waals surface area (Å²) in [6.07, 6.45) is 2.93. The van der Waals surface area contributed by atoms with Crippen LogP contribution >= 0.6 is 12.6 Å². The van der Waals surface area contributed by atoms with E-state index in [0.717, 1.165) is 0 Å². The lowest BCUT2D eigenvalue weighted by Crippen LogP contribution is -2.57. The Hall–Kier alpha value is -1.51. The van der Waals surface area contributed by atoms with Gasteiger partial charge in [0.05, 0.1) is 0 Å².